The maximum atomic E-state index is 9.66. The average molecular weight is 200 g/mol. The second kappa shape index (κ2) is 3.76. The molecule has 1 atom stereocenters. The zero-order valence-electron chi connectivity index (χ0n) is 8.51. The van der Waals surface area contributed by atoms with Gasteiger partial charge in [0.05, 0.1) is 18.6 Å². The van der Waals surface area contributed by atoms with Crippen LogP contribution in [0.25, 0.3) is 10.9 Å². The van der Waals surface area contributed by atoms with Gasteiger partial charge in [0.25, 0.3) is 0 Å². The fourth-order valence-corrected chi connectivity index (χ4v) is 1.71. The molecule has 3 nitrogen and oxygen atoms in total. The lowest BCUT2D eigenvalue weighted by atomic mass is 10.1. The number of hydrogen-bond donors (Lipinski definition) is 1. The highest BCUT2D eigenvalue weighted by atomic mass is 16.3. The van der Waals surface area contributed by atoms with Gasteiger partial charge in [-0.1, -0.05) is 6.07 Å². The largest absolute Gasteiger partial charge is 0.387 e. The van der Waals surface area contributed by atoms with Crippen LogP contribution in [0.5, 0.6) is 0 Å². The second-order valence-corrected chi connectivity index (χ2v) is 3.62. The number of hydrogen-bond acceptors (Lipinski definition) is 2. The van der Waals surface area contributed by atoms with Gasteiger partial charge in [0.2, 0.25) is 0 Å². The highest BCUT2D eigenvalue weighted by molar-refractivity contribution is 5.80. The van der Waals surface area contributed by atoms with E-state index in [1.165, 1.54) is 0 Å². The van der Waals surface area contributed by atoms with Gasteiger partial charge in [0, 0.05) is 18.8 Å². The van der Waals surface area contributed by atoms with Gasteiger partial charge in [-0.15, -0.1) is 0 Å². The van der Waals surface area contributed by atoms with E-state index in [9.17, 15) is 5.11 Å². The molecule has 0 spiro atoms. The van der Waals surface area contributed by atoms with Crippen molar-refractivity contribution in [1.82, 2.24) is 4.57 Å². The molecule has 1 N–H and O–H groups in total. The Morgan fingerprint density at radius 3 is 3.00 bits per heavy atom. The first-order valence-corrected chi connectivity index (χ1v) is 4.82. The first-order chi connectivity index (χ1) is 7.22. The summed E-state index contributed by atoms with van der Waals surface area (Å²) in [6.07, 6.45) is 1.43. The number of aromatic nitrogens is 1. The van der Waals surface area contributed by atoms with Gasteiger partial charge in [-0.05, 0) is 29.1 Å². The lowest BCUT2D eigenvalue weighted by Gasteiger charge is -2.06. The highest BCUT2D eigenvalue weighted by Crippen LogP contribution is 2.22. The summed E-state index contributed by atoms with van der Waals surface area (Å²) in [7, 11) is 1.98. The van der Waals surface area contributed by atoms with Gasteiger partial charge in [-0.2, -0.15) is 5.26 Å². The molecule has 1 aromatic carbocycles. The normalized spacial score (nSPS) is 12.6. The van der Waals surface area contributed by atoms with Crippen molar-refractivity contribution in [3.8, 4) is 6.07 Å². The monoisotopic (exact) mass is 200 g/mol. The molecule has 1 heterocycles. The van der Waals surface area contributed by atoms with E-state index >= 15 is 0 Å². The van der Waals surface area contributed by atoms with Crippen molar-refractivity contribution >= 4 is 10.9 Å². The van der Waals surface area contributed by atoms with E-state index in [2.05, 4.69) is 0 Å². The van der Waals surface area contributed by atoms with Crippen molar-refractivity contribution in [2.45, 2.75) is 12.5 Å². The Hall–Kier alpha value is -1.79. The first kappa shape index (κ1) is 9.75. The van der Waals surface area contributed by atoms with E-state index in [0.717, 1.165) is 16.5 Å². The van der Waals surface area contributed by atoms with Crippen molar-refractivity contribution in [2.75, 3.05) is 0 Å². The van der Waals surface area contributed by atoms with Gasteiger partial charge in [-0.3, -0.25) is 0 Å². The molecule has 76 valence electrons. The Morgan fingerprint density at radius 2 is 2.27 bits per heavy atom. The molecule has 0 radical (unpaired) electrons. The van der Waals surface area contributed by atoms with Crippen LogP contribution in [-0.2, 0) is 7.05 Å². The number of aliphatic hydroxyl groups is 1. The lowest BCUT2D eigenvalue weighted by molar-refractivity contribution is 0.183. The number of nitrogens with zero attached hydrogens (tertiary/aromatic N) is 2. The maximum absolute atomic E-state index is 9.66. The molecule has 15 heavy (non-hydrogen) atoms. The van der Waals surface area contributed by atoms with E-state index in [-0.39, 0.29) is 6.42 Å². The topological polar surface area (TPSA) is 49.0 Å². The molecule has 0 saturated carbocycles. The van der Waals surface area contributed by atoms with Crippen LogP contribution < -0.4 is 0 Å². The quantitative estimate of drug-likeness (QED) is 0.807. The van der Waals surface area contributed by atoms with Gasteiger partial charge in [0.1, 0.15) is 0 Å². The molecule has 0 aliphatic rings. The summed E-state index contributed by atoms with van der Waals surface area (Å²) in [6.45, 7) is 0. The second-order valence-electron chi connectivity index (χ2n) is 3.62. The molecule has 0 aliphatic heterocycles. The summed E-state index contributed by atoms with van der Waals surface area (Å²) in [5.74, 6) is 0. The molecular formula is C12H12N2O. The van der Waals surface area contributed by atoms with E-state index in [1.54, 1.807) is 0 Å². The van der Waals surface area contributed by atoms with Crippen LogP contribution in [0.2, 0.25) is 0 Å². The SMILES string of the molecule is Cn1ccc2cc(C(O)CC#N)ccc21. The van der Waals surface area contributed by atoms with Crippen LogP contribution >= 0.6 is 0 Å². The Bertz CT molecular complexity index is 522. The minimum absolute atomic E-state index is 0.137. The lowest BCUT2D eigenvalue weighted by Crippen LogP contribution is -1.95. The Balaban J connectivity index is 2.44. The smallest absolute Gasteiger partial charge is 0.0920 e. The van der Waals surface area contributed by atoms with Crippen molar-refractivity contribution in [1.29, 1.82) is 5.26 Å². The van der Waals surface area contributed by atoms with Crippen LogP contribution in [0.1, 0.15) is 18.1 Å². The molecule has 2 rings (SSSR count). The molecule has 0 aliphatic carbocycles. The average Bonchev–Trinajstić information content (AvgIpc) is 2.60. The summed E-state index contributed by atoms with van der Waals surface area (Å²) >= 11 is 0. The van der Waals surface area contributed by atoms with Gasteiger partial charge in [0.15, 0.2) is 0 Å². The minimum Gasteiger partial charge on any atom is -0.387 e. The third kappa shape index (κ3) is 1.72. The van der Waals surface area contributed by atoms with Crippen LogP contribution in [-0.4, -0.2) is 9.67 Å². The molecule has 3 heteroatoms. The van der Waals surface area contributed by atoms with E-state index in [4.69, 9.17) is 5.26 Å². The summed E-state index contributed by atoms with van der Waals surface area (Å²) in [6, 6.07) is 9.72. The fraction of sp³-hybridized carbons (Fsp3) is 0.250. The molecule has 1 unspecified atom stereocenters. The van der Waals surface area contributed by atoms with Gasteiger partial charge in [-0.25, -0.2) is 0 Å². The van der Waals surface area contributed by atoms with E-state index in [1.807, 2.05) is 48.1 Å². The summed E-state index contributed by atoms with van der Waals surface area (Å²) in [5, 5.41) is 19.2. The number of benzene rings is 1. The van der Waals surface area contributed by atoms with E-state index in [0.29, 0.717) is 0 Å². The van der Waals surface area contributed by atoms with Crippen molar-refractivity contribution in [3.05, 3.63) is 36.0 Å². The standard InChI is InChI=1S/C12H12N2O/c1-14-7-5-9-8-10(2-3-11(9)14)12(15)4-6-13/h2-3,5,7-8,12,15H,4H2,1H3. The molecule has 0 amide bonds. The number of aliphatic hydroxyl groups excluding tert-OH is 1. The fourth-order valence-electron chi connectivity index (χ4n) is 1.71. The van der Waals surface area contributed by atoms with Gasteiger partial charge >= 0.3 is 0 Å². The zero-order valence-corrected chi connectivity index (χ0v) is 8.51. The Morgan fingerprint density at radius 1 is 1.47 bits per heavy atom. The number of nitriles is 1. The zero-order chi connectivity index (χ0) is 10.8. The molecule has 0 fully saturated rings. The van der Waals surface area contributed by atoms with Crippen LogP contribution in [0.3, 0.4) is 0 Å². The number of fused-ring (bicyclic) bond motifs is 1. The summed E-state index contributed by atoms with van der Waals surface area (Å²) in [5.41, 5.74) is 1.93. The number of aryl methyl sites for hydroxylation is 1. The predicted octanol–water partition coefficient (Wildman–Crippen LogP) is 2.13. The Labute approximate surface area is 88.2 Å². The van der Waals surface area contributed by atoms with Crippen molar-refractivity contribution in [3.63, 3.8) is 0 Å². The van der Waals surface area contributed by atoms with Crippen molar-refractivity contribution in [2.24, 2.45) is 7.05 Å². The molecule has 1 aromatic heterocycles. The minimum atomic E-state index is -0.681. The Kier molecular flexibility index (Phi) is 2.44. The van der Waals surface area contributed by atoms with Crippen LogP contribution in [0.15, 0.2) is 30.5 Å². The third-order valence-electron chi connectivity index (χ3n) is 2.58. The summed E-state index contributed by atoms with van der Waals surface area (Å²) in [4.78, 5) is 0. The highest BCUT2D eigenvalue weighted by Gasteiger charge is 2.08. The summed E-state index contributed by atoms with van der Waals surface area (Å²) < 4.78 is 2.02. The van der Waals surface area contributed by atoms with Crippen LogP contribution in [0, 0.1) is 11.3 Å². The maximum Gasteiger partial charge on any atom is 0.0920 e. The predicted molar refractivity (Wildman–Crippen MR) is 58.1 cm³/mol. The van der Waals surface area contributed by atoms with Crippen molar-refractivity contribution < 1.29 is 5.11 Å². The molecule has 0 bridgehead atoms. The third-order valence-corrected chi connectivity index (χ3v) is 2.58. The molecular weight excluding hydrogens is 188 g/mol. The molecule has 2 aromatic rings. The van der Waals surface area contributed by atoms with E-state index < -0.39 is 6.10 Å². The first-order valence-electron chi connectivity index (χ1n) is 4.82. The number of rotatable bonds is 2. The van der Waals surface area contributed by atoms with Crippen LogP contribution in [0.4, 0.5) is 0 Å². The molecule has 0 saturated heterocycles. The van der Waals surface area contributed by atoms with Gasteiger partial charge < -0.3 is 9.67 Å².